The number of thiophene rings is 1. The van der Waals surface area contributed by atoms with Crippen molar-refractivity contribution < 1.29 is 14.3 Å². The molecule has 1 amide bonds. The van der Waals surface area contributed by atoms with Gasteiger partial charge in [-0.3, -0.25) is 4.79 Å². The third-order valence-corrected chi connectivity index (χ3v) is 6.15. The number of nitrogens with zero attached hydrogens (tertiary/aromatic N) is 3. The Morgan fingerprint density at radius 2 is 1.97 bits per heavy atom. The Morgan fingerprint density at radius 3 is 2.65 bits per heavy atom. The highest BCUT2D eigenvalue weighted by molar-refractivity contribution is 7.13. The molecule has 0 spiro atoms. The van der Waals surface area contributed by atoms with E-state index in [4.69, 9.17) is 4.74 Å². The van der Waals surface area contributed by atoms with E-state index in [1.54, 1.807) is 42.5 Å². The summed E-state index contributed by atoms with van der Waals surface area (Å²) < 4.78 is 5.02. The molecule has 4 rings (SSSR count). The molecule has 1 N–H and O–H groups in total. The smallest absolute Gasteiger partial charge is 0.338 e. The number of nitrogens with one attached hydrogen (secondary N) is 1. The lowest BCUT2D eigenvalue weighted by Gasteiger charge is -2.31. The highest BCUT2D eigenvalue weighted by Crippen LogP contribution is 2.26. The molecule has 3 aromatic rings. The fourth-order valence-corrected chi connectivity index (χ4v) is 4.29. The van der Waals surface area contributed by atoms with Crippen LogP contribution < -0.4 is 10.2 Å². The van der Waals surface area contributed by atoms with E-state index in [1.807, 2.05) is 29.6 Å². The summed E-state index contributed by atoms with van der Waals surface area (Å²) >= 11 is 1.64. The first-order valence-corrected chi connectivity index (χ1v) is 11.2. The molecule has 0 unspecified atom stereocenters. The van der Waals surface area contributed by atoms with Gasteiger partial charge in [-0.15, -0.1) is 21.5 Å². The van der Waals surface area contributed by atoms with Crippen molar-refractivity contribution in [3.63, 3.8) is 0 Å². The van der Waals surface area contributed by atoms with Crippen LogP contribution in [0.1, 0.15) is 30.1 Å². The number of benzene rings is 1. The van der Waals surface area contributed by atoms with Crippen LogP contribution in [0.5, 0.6) is 0 Å². The van der Waals surface area contributed by atoms with Crippen LogP contribution in [0.2, 0.25) is 0 Å². The van der Waals surface area contributed by atoms with E-state index < -0.39 is 5.97 Å². The van der Waals surface area contributed by atoms with Crippen LogP contribution in [0.4, 0.5) is 11.5 Å². The van der Waals surface area contributed by atoms with Gasteiger partial charge in [0.15, 0.2) is 5.82 Å². The first-order chi connectivity index (χ1) is 15.1. The normalized spacial score (nSPS) is 14.3. The van der Waals surface area contributed by atoms with E-state index in [0.717, 1.165) is 42.3 Å². The zero-order valence-corrected chi connectivity index (χ0v) is 18.1. The van der Waals surface area contributed by atoms with Gasteiger partial charge in [0.2, 0.25) is 5.91 Å². The van der Waals surface area contributed by atoms with Crippen molar-refractivity contribution in [3.05, 3.63) is 59.5 Å². The summed E-state index contributed by atoms with van der Waals surface area (Å²) in [6, 6.07) is 14.8. The molecule has 1 aliphatic rings. The Bertz CT molecular complexity index is 1030. The summed E-state index contributed by atoms with van der Waals surface area (Å²) in [7, 11) is 0. The molecule has 0 aliphatic carbocycles. The average Bonchev–Trinajstić information content (AvgIpc) is 3.35. The van der Waals surface area contributed by atoms with E-state index >= 15 is 0 Å². The maximum absolute atomic E-state index is 12.7. The number of hydrogen-bond donors (Lipinski definition) is 1. The Kier molecular flexibility index (Phi) is 6.57. The van der Waals surface area contributed by atoms with Crippen LogP contribution in [0.3, 0.4) is 0 Å². The van der Waals surface area contributed by atoms with Gasteiger partial charge in [0.25, 0.3) is 0 Å². The van der Waals surface area contributed by atoms with Crippen LogP contribution in [-0.2, 0) is 9.53 Å². The number of aromatic nitrogens is 2. The molecule has 1 saturated heterocycles. The van der Waals surface area contributed by atoms with E-state index in [1.165, 1.54) is 0 Å². The topological polar surface area (TPSA) is 84.4 Å². The Labute approximate surface area is 185 Å². The van der Waals surface area contributed by atoms with Gasteiger partial charge in [-0.1, -0.05) is 12.1 Å². The standard InChI is InChI=1S/C23H24N4O3S/c1-2-30-23(29)17-5-3-6-18(15-17)24-22(28)16-10-12-27(13-11-16)21-9-8-19(25-26-21)20-7-4-14-31-20/h3-9,14-16H,2,10-13H2,1H3,(H,24,28). The molecule has 1 aliphatic heterocycles. The third-order valence-electron chi connectivity index (χ3n) is 5.26. The van der Waals surface area contributed by atoms with Crippen molar-refractivity contribution in [2.24, 2.45) is 5.92 Å². The highest BCUT2D eigenvalue weighted by Gasteiger charge is 2.26. The minimum atomic E-state index is -0.391. The lowest BCUT2D eigenvalue weighted by molar-refractivity contribution is -0.120. The summed E-state index contributed by atoms with van der Waals surface area (Å²) in [5.41, 5.74) is 1.91. The summed E-state index contributed by atoms with van der Waals surface area (Å²) in [5, 5.41) is 13.7. The van der Waals surface area contributed by atoms with Gasteiger partial charge in [-0.05, 0) is 61.5 Å². The molecular formula is C23H24N4O3S. The highest BCUT2D eigenvalue weighted by atomic mass is 32.1. The predicted molar refractivity (Wildman–Crippen MR) is 121 cm³/mol. The second-order valence-corrected chi connectivity index (χ2v) is 8.25. The SMILES string of the molecule is CCOC(=O)c1cccc(NC(=O)C2CCN(c3ccc(-c4cccs4)nn3)CC2)c1. The number of ether oxygens (including phenoxy) is 1. The molecule has 2 aromatic heterocycles. The number of hydrogen-bond acceptors (Lipinski definition) is 7. The van der Waals surface area contributed by atoms with Crippen LogP contribution in [0, 0.1) is 5.92 Å². The molecule has 1 aromatic carbocycles. The second kappa shape index (κ2) is 9.70. The quantitative estimate of drug-likeness (QED) is 0.582. The molecule has 3 heterocycles. The van der Waals surface area contributed by atoms with Gasteiger partial charge in [-0.25, -0.2) is 4.79 Å². The number of esters is 1. The first-order valence-electron chi connectivity index (χ1n) is 10.3. The molecule has 160 valence electrons. The maximum Gasteiger partial charge on any atom is 0.338 e. The van der Waals surface area contributed by atoms with E-state index in [9.17, 15) is 9.59 Å². The Morgan fingerprint density at radius 1 is 1.13 bits per heavy atom. The van der Waals surface area contributed by atoms with Crippen molar-refractivity contribution in [3.8, 4) is 10.6 Å². The van der Waals surface area contributed by atoms with E-state index in [2.05, 4.69) is 20.4 Å². The van der Waals surface area contributed by atoms with Gasteiger partial charge in [-0.2, -0.15) is 0 Å². The Balaban J connectivity index is 1.32. The van der Waals surface area contributed by atoms with Crippen LogP contribution in [0.15, 0.2) is 53.9 Å². The molecular weight excluding hydrogens is 412 g/mol. The molecule has 8 heteroatoms. The predicted octanol–water partition coefficient (Wildman–Crippen LogP) is 4.24. The summed E-state index contributed by atoms with van der Waals surface area (Å²) in [5.74, 6) is 0.333. The Hall–Kier alpha value is -3.26. The number of anilines is 2. The van der Waals surface area contributed by atoms with Crippen molar-refractivity contribution in [2.45, 2.75) is 19.8 Å². The van der Waals surface area contributed by atoms with Gasteiger partial charge in [0.1, 0.15) is 5.69 Å². The lowest BCUT2D eigenvalue weighted by atomic mass is 9.95. The number of rotatable bonds is 6. The van der Waals surface area contributed by atoms with Crippen LogP contribution >= 0.6 is 11.3 Å². The summed E-state index contributed by atoms with van der Waals surface area (Å²) in [6.45, 7) is 3.57. The number of piperidine rings is 1. The zero-order chi connectivity index (χ0) is 21.6. The molecule has 7 nitrogen and oxygen atoms in total. The molecule has 1 fully saturated rings. The van der Waals surface area contributed by atoms with Crippen LogP contribution in [0.25, 0.3) is 10.6 Å². The van der Waals surface area contributed by atoms with E-state index in [0.29, 0.717) is 17.9 Å². The van der Waals surface area contributed by atoms with Crippen LogP contribution in [-0.4, -0.2) is 41.8 Å². The van der Waals surface area contributed by atoms with Gasteiger partial charge < -0.3 is 15.0 Å². The third kappa shape index (κ3) is 5.08. The second-order valence-electron chi connectivity index (χ2n) is 7.31. The molecule has 31 heavy (non-hydrogen) atoms. The minimum absolute atomic E-state index is 0.0280. The molecule has 0 atom stereocenters. The van der Waals surface area contributed by atoms with E-state index in [-0.39, 0.29) is 11.8 Å². The molecule has 0 bridgehead atoms. The number of carbonyl (C=O) groups excluding carboxylic acids is 2. The van der Waals surface area contributed by atoms with Crippen molar-refractivity contribution in [2.75, 3.05) is 29.9 Å². The lowest BCUT2D eigenvalue weighted by Crippen LogP contribution is -2.38. The fourth-order valence-electron chi connectivity index (χ4n) is 3.60. The largest absolute Gasteiger partial charge is 0.462 e. The van der Waals surface area contributed by atoms with Gasteiger partial charge in [0.05, 0.1) is 17.0 Å². The van der Waals surface area contributed by atoms with Crippen molar-refractivity contribution in [1.29, 1.82) is 0 Å². The maximum atomic E-state index is 12.7. The van der Waals surface area contributed by atoms with Gasteiger partial charge in [0, 0.05) is 24.7 Å². The fraction of sp³-hybridized carbons (Fsp3) is 0.304. The van der Waals surface area contributed by atoms with Gasteiger partial charge >= 0.3 is 5.97 Å². The molecule has 0 saturated carbocycles. The number of carbonyl (C=O) groups is 2. The monoisotopic (exact) mass is 436 g/mol. The van der Waals surface area contributed by atoms with Crippen molar-refractivity contribution >= 4 is 34.7 Å². The van der Waals surface area contributed by atoms with Crippen molar-refractivity contribution in [1.82, 2.24) is 10.2 Å². The summed E-state index contributed by atoms with van der Waals surface area (Å²) in [4.78, 5) is 27.9. The minimum Gasteiger partial charge on any atom is -0.462 e. The number of amides is 1. The first kappa shape index (κ1) is 21.0. The average molecular weight is 437 g/mol. The molecule has 0 radical (unpaired) electrons. The zero-order valence-electron chi connectivity index (χ0n) is 17.3. The summed E-state index contributed by atoms with van der Waals surface area (Å²) in [6.07, 6.45) is 1.47.